The first kappa shape index (κ1) is 27.7. The number of benzene rings is 3. The second-order valence-corrected chi connectivity index (χ2v) is 10.2. The number of aliphatic hydroxyl groups is 2. The van der Waals surface area contributed by atoms with E-state index < -0.39 is 23.3 Å². The molecule has 2 heterocycles. The van der Waals surface area contributed by atoms with Gasteiger partial charge in [0.15, 0.2) is 0 Å². The number of halogens is 3. The van der Waals surface area contributed by atoms with Gasteiger partial charge < -0.3 is 15.1 Å². The lowest BCUT2D eigenvalue weighted by Crippen LogP contribution is -2.40. The summed E-state index contributed by atoms with van der Waals surface area (Å²) >= 11 is 6.05. The van der Waals surface area contributed by atoms with Crippen LogP contribution in [0.4, 0.5) is 14.5 Å². The average molecular weight is 567 g/mol. The quantitative estimate of drug-likeness (QED) is 0.231. The zero-order chi connectivity index (χ0) is 28.3. The summed E-state index contributed by atoms with van der Waals surface area (Å²) in [7, 11) is 0. The smallest absolute Gasteiger partial charge is 0.137 e. The molecule has 5 aromatic rings. The number of fused-ring (bicyclic) bond motifs is 1. The summed E-state index contributed by atoms with van der Waals surface area (Å²) in [5.74, 6) is -1.60. The van der Waals surface area contributed by atoms with E-state index in [9.17, 15) is 19.0 Å². The predicted octanol–water partition coefficient (Wildman–Crippen LogP) is 5.10. The van der Waals surface area contributed by atoms with Gasteiger partial charge in [-0.05, 0) is 55.3 Å². The molecule has 0 unspecified atom stereocenters. The van der Waals surface area contributed by atoms with Crippen LogP contribution in [0.15, 0.2) is 79.5 Å². The first-order valence-corrected chi connectivity index (χ1v) is 13.2. The fourth-order valence-corrected chi connectivity index (χ4v) is 4.99. The highest BCUT2D eigenvalue weighted by Gasteiger charge is 2.41. The fourth-order valence-electron chi connectivity index (χ4n) is 4.86. The lowest BCUT2D eigenvalue weighted by molar-refractivity contribution is -0.0366. The second kappa shape index (κ2) is 11.7. The summed E-state index contributed by atoms with van der Waals surface area (Å²) < 4.78 is 31.7. The van der Waals surface area contributed by atoms with Crippen LogP contribution in [0.3, 0.4) is 0 Å². The molecule has 0 saturated carbocycles. The van der Waals surface area contributed by atoms with E-state index in [1.54, 1.807) is 17.8 Å². The molecule has 2 atom stereocenters. The highest BCUT2D eigenvalue weighted by atomic mass is 35.5. The molecule has 0 aliphatic heterocycles. The number of nitrogens with zero attached hydrogens (tertiary/aromatic N) is 6. The van der Waals surface area contributed by atoms with Gasteiger partial charge in [0.1, 0.15) is 29.9 Å². The van der Waals surface area contributed by atoms with Crippen molar-refractivity contribution >= 4 is 28.2 Å². The lowest BCUT2D eigenvalue weighted by Gasteiger charge is -2.34. The third-order valence-corrected chi connectivity index (χ3v) is 7.35. The summed E-state index contributed by atoms with van der Waals surface area (Å²) in [5, 5.41) is 31.6. The summed E-state index contributed by atoms with van der Waals surface area (Å²) in [6, 6.07) is 15.8. The first-order valence-electron chi connectivity index (χ1n) is 12.9. The number of rotatable bonds is 11. The van der Waals surface area contributed by atoms with E-state index in [4.69, 9.17) is 11.6 Å². The SMILES string of the molecule is C[C@@H](n1cc2cc(N(CCCO)Cc3ccc(Cl)cc3)ccc2n1)[C@](O)(Cn1cncn1)c1ccc(F)cc1F. The standard InChI is InChI=1S/C29H29ClF2N6O2/c1-20(29(40,17-37-19-33-18-34-37)26-9-7-24(31)14-27(26)32)38-16-22-13-25(8-10-28(22)35-38)36(11-2-12-39)15-21-3-5-23(30)6-4-21/h3-10,13-14,16,18-20,39-40H,2,11-12,15,17H2,1H3/t20-,29-/m1/s1. The van der Waals surface area contributed by atoms with Crippen LogP contribution in [0.1, 0.15) is 30.5 Å². The number of hydrogen-bond acceptors (Lipinski definition) is 6. The van der Waals surface area contributed by atoms with Crippen molar-refractivity contribution in [3.05, 3.63) is 107 Å². The van der Waals surface area contributed by atoms with Crippen molar-refractivity contribution in [3.63, 3.8) is 0 Å². The van der Waals surface area contributed by atoms with Crippen LogP contribution in [0.2, 0.25) is 5.02 Å². The molecule has 0 bridgehead atoms. The minimum Gasteiger partial charge on any atom is -0.396 e. The molecule has 11 heteroatoms. The maximum atomic E-state index is 15.0. The Kier molecular flexibility index (Phi) is 8.11. The molecular weight excluding hydrogens is 538 g/mol. The van der Waals surface area contributed by atoms with Gasteiger partial charge in [-0.3, -0.25) is 4.68 Å². The molecule has 40 heavy (non-hydrogen) atoms. The Balaban J connectivity index is 1.49. The second-order valence-electron chi connectivity index (χ2n) is 9.79. The molecule has 0 amide bonds. The molecule has 0 fully saturated rings. The van der Waals surface area contributed by atoms with Crippen molar-refractivity contribution in [2.24, 2.45) is 0 Å². The van der Waals surface area contributed by atoms with E-state index in [0.29, 0.717) is 30.0 Å². The predicted molar refractivity (Wildman–Crippen MR) is 149 cm³/mol. The number of anilines is 1. The van der Waals surface area contributed by atoms with Gasteiger partial charge in [-0.15, -0.1) is 0 Å². The van der Waals surface area contributed by atoms with Gasteiger partial charge in [-0.25, -0.2) is 18.4 Å². The highest BCUT2D eigenvalue weighted by molar-refractivity contribution is 6.30. The first-order chi connectivity index (χ1) is 19.3. The van der Waals surface area contributed by atoms with Crippen molar-refractivity contribution in [3.8, 4) is 0 Å². The lowest BCUT2D eigenvalue weighted by atomic mass is 9.86. The Morgan fingerprint density at radius 3 is 2.58 bits per heavy atom. The van der Waals surface area contributed by atoms with E-state index >= 15 is 0 Å². The molecule has 208 valence electrons. The van der Waals surface area contributed by atoms with Gasteiger partial charge in [-0.2, -0.15) is 10.2 Å². The minimum absolute atomic E-state index is 0.0686. The number of aromatic nitrogens is 5. The van der Waals surface area contributed by atoms with Crippen molar-refractivity contribution in [1.29, 1.82) is 0 Å². The highest BCUT2D eigenvalue weighted by Crippen LogP contribution is 2.37. The van der Waals surface area contributed by atoms with Crippen LogP contribution in [-0.2, 0) is 18.7 Å². The largest absolute Gasteiger partial charge is 0.396 e. The summed E-state index contributed by atoms with van der Waals surface area (Å²) in [6.07, 6.45) is 5.14. The van der Waals surface area contributed by atoms with Crippen LogP contribution < -0.4 is 4.90 Å². The van der Waals surface area contributed by atoms with E-state index in [2.05, 4.69) is 20.1 Å². The number of aliphatic hydroxyl groups excluding tert-OH is 1. The van der Waals surface area contributed by atoms with Gasteiger partial charge in [0.2, 0.25) is 0 Å². The third-order valence-electron chi connectivity index (χ3n) is 7.10. The molecule has 5 rings (SSSR count). The van der Waals surface area contributed by atoms with Crippen LogP contribution >= 0.6 is 11.6 Å². The van der Waals surface area contributed by atoms with Gasteiger partial charge >= 0.3 is 0 Å². The van der Waals surface area contributed by atoms with Crippen LogP contribution in [0, 0.1) is 11.6 Å². The molecule has 0 aliphatic rings. The maximum absolute atomic E-state index is 15.0. The Morgan fingerprint density at radius 1 is 1.07 bits per heavy atom. The number of hydrogen-bond donors (Lipinski definition) is 2. The molecule has 3 aromatic carbocycles. The monoisotopic (exact) mass is 566 g/mol. The molecule has 0 aliphatic carbocycles. The Bertz CT molecular complexity index is 1580. The topological polar surface area (TPSA) is 92.2 Å². The zero-order valence-corrected chi connectivity index (χ0v) is 22.6. The van der Waals surface area contributed by atoms with Crippen LogP contribution in [0.5, 0.6) is 0 Å². The van der Waals surface area contributed by atoms with Gasteiger partial charge in [0.05, 0.1) is 18.1 Å². The van der Waals surface area contributed by atoms with E-state index in [1.165, 1.54) is 23.4 Å². The molecular formula is C29H29ClF2N6O2. The summed E-state index contributed by atoms with van der Waals surface area (Å²) in [6.45, 7) is 2.92. The molecule has 2 aromatic heterocycles. The molecule has 2 N–H and O–H groups in total. The van der Waals surface area contributed by atoms with Crippen molar-refractivity contribution < 1.29 is 19.0 Å². The molecule has 0 saturated heterocycles. The molecule has 8 nitrogen and oxygen atoms in total. The maximum Gasteiger partial charge on any atom is 0.137 e. The molecule has 0 radical (unpaired) electrons. The van der Waals surface area contributed by atoms with E-state index in [1.807, 2.05) is 42.5 Å². The molecule has 0 spiro atoms. The Morgan fingerprint density at radius 2 is 1.88 bits per heavy atom. The minimum atomic E-state index is -1.84. The normalized spacial score (nSPS) is 13.8. The third kappa shape index (κ3) is 5.84. The van der Waals surface area contributed by atoms with E-state index in [-0.39, 0.29) is 18.7 Å². The average Bonchev–Trinajstić information content (AvgIpc) is 3.61. The van der Waals surface area contributed by atoms with Gasteiger partial charge in [-0.1, -0.05) is 29.8 Å². The Labute approximate surface area is 235 Å². The summed E-state index contributed by atoms with van der Waals surface area (Å²) in [5.41, 5.74) is 0.789. The van der Waals surface area contributed by atoms with Crippen molar-refractivity contribution in [1.82, 2.24) is 24.5 Å². The Hall–Kier alpha value is -3.86. The van der Waals surface area contributed by atoms with E-state index in [0.717, 1.165) is 28.8 Å². The van der Waals surface area contributed by atoms with Crippen LogP contribution in [0.25, 0.3) is 10.9 Å². The fraction of sp³-hybridized carbons (Fsp3) is 0.276. The van der Waals surface area contributed by atoms with Gasteiger partial charge in [0.25, 0.3) is 0 Å². The van der Waals surface area contributed by atoms with Crippen molar-refractivity contribution in [2.45, 2.75) is 38.1 Å². The van der Waals surface area contributed by atoms with Crippen molar-refractivity contribution in [2.75, 3.05) is 18.1 Å². The zero-order valence-electron chi connectivity index (χ0n) is 21.8. The van der Waals surface area contributed by atoms with Gasteiger partial charge in [0, 0.05) is 53.6 Å². The van der Waals surface area contributed by atoms with Crippen LogP contribution in [-0.4, -0.2) is 47.9 Å². The summed E-state index contributed by atoms with van der Waals surface area (Å²) in [4.78, 5) is 6.08.